The first-order valence-corrected chi connectivity index (χ1v) is 7.39. The van der Waals surface area contributed by atoms with Crippen molar-refractivity contribution in [2.75, 3.05) is 5.32 Å². The van der Waals surface area contributed by atoms with Gasteiger partial charge in [-0.25, -0.2) is 4.68 Å². The Morgan fingerprint density at radius 2 is 1.87 bits per heavy atom. The van der Waals surface area contributed by atoms with Crippen molar-refractivity contribution in [3.63, 3.8) is 0 Å². The van der Waals surface area contributed by atoms with E-state index >= 15 is 0 Å². The summed E-state index contributed by atoms with van der Waals surface area (Å²) < 4.78 is 1.08. The van der Waals surface area contributed by atoms with Gasteiger partial charge in [0, 0.05) is 5.69 Å². The lowest BCUT2D eigenvalue weighted by Crippen LogP contribution is -2.30. The molecule has 1 N–H and O–H groups in total. The first-order chi connectivity index (χ1) is 11.2. The van der Waals surface area contributed by atoms with E-state index in [2.05, 4.69) is 15.6 Å². The number of nitrogens with one attached hydrogen (secondary N) is 1. The molecule has 0 aliphatic heterocycles. The van der Waals surface area contributed by atoms with Crippen LogP contribution < -0.4 is 10.9 Å². The molecule has 116 valence electrons. The van der Waals surface area contributed by atoms with Crippen LogP contribution in [-0.2, 0) is 17.8 Å². The Morgan fingerprint density at radius 3 is 2.70 bits per heavy atom. The van der Waals surface area contributed by atoms with Gasteiger partial charge in [0.25, 0.3) is 5.56 Å². The van der Waals surface area contributed by atoms with E-state index in [-0.39, 0.29) is 18.0 Å². The van der Waals surface area contributed by atoms with Crippen LogP contribution in [0.3, 0.4) is 0 Å². The zero-order valence-electron chi connectivity index (χ0n) is 12.7. The van der Waals surface area contributed by atoms with Gasteiger partial charge in [-0.05, 0) is 30.2 Å². The molecular formula is C17H16N4O2. The lowest BCUT2D eigenvalue weighted by atomic mass is 10.1. The number of rotatable bonds is 4. The van der Waals surface area contributed by atoms with Crippen LogP contribution in [0.15, 0.2) is 53.3 Å². The summed E-state index contributed by atoms with van der Waals surface area (Å²) in [5.74, 6) is -0.308. The summed E-state index contributed by atoms with van der Waals surface area (Å²) >= 11 is 0. The fourth-order valence-electron chi connectivity index (χ4n) is 2.40. The maximum atomic E-state index is 12.3. The van der Waals surface area contributed by atoms with Gasteiger partial charge in [-0.2, -0.15) is 0 Å². The van der Waals surface area contributed by atoms with E-state index in [1.807, 2.05) is 31.2 Å². The fourth-order valence-corrected chi connectivity index (χ4v) is 2.40. The molecule has 0 atom stereocenters. The standard InChI is InChI=1S/C17H16N4O2/c1-2-12-7-3-5-9-14(12)18-16(22)11-21-17(23)13-8-4-6-10-15(13)19-20-21/h3-10H,2,11H2,1H3,(H,18,22). The Balaban J connectivity index is 1.83. The van der Waals surface area contributed by atoms with Crippen molar-refractivity contribution >= 4 is 22.5 Å². The van der Waals surface area contributed by atoms with Crippen molar-refractivity contribution in [1.29, 1.82) is 0 Å². The van der Waals surface area contributed by atoms with E-state index in [0.717, 1.165) is 22.4 Å². The van der Waals surface area contributed by atoms with E-state index in [1.165, 1.54) is 0 Å². The summed E-state index contributed by atoms with van der Waals surface area (Å²) in [6.45, 7) is 1.85. The van der Waals surface area contributed by atoms with E-state index in [0.29, 0.717) is 10.9 Å². The predicted molar refractivity (Wildman–Crippen MR) is 88.2 cm³/mol. The number of amides is 1. The molecule has 0 spiro atoms. The topological polar surface area (TPSA) is 76.9 Å². The van der Waals surface area contributed by atoms with Crippen LogP contribution >= 0.6 is 0 Å². The molecule has 1 aromatic heterocycles. The zero-order valence-corrected chi connectivity index (χ0v) is 12.7. The predicted octanol–water partition coefficient (Wildman–Crippen LogP) is 1.99. The van der Waals surface area contributed by atoms with Gasteiger partial charge in [0.1, 0.15) is 12.1 Å². The molecule has 1 heterocycles. The van der Waals surface area contributed by atoms with E-state index in [4.69, 9.17) is 0 Å². The van der Waals surface area contributed by atoms with Crippen LogP contribution in [0.1, 0.15) is 12.5 Å². The highest BCUT2D eigenvalue weighted by molar-refractivity contribution is 5.91. The minimum Gasteiger partial charge on any atom is -0.324 e. The number of carbonyl (C=O) groups is 1. The molecular weight excluding hydrogens is 292 g/mol. The molecule has 1 amide bonds. The lowest BCUT2D eigenvalue weighted by molar-refractivity contribution is -0.117. The summed E-state index contributed by atoms with van der Waals surface area (Å²) in [5, 5.41) is 11.1. The number of para-hydroxylation sites is 1. The molecule has 0 saturated heterocycles. The Kier molecular flexibility index (Phi) is 4.14. The van der Waals surface area contributed by atoms with Gasteiger partial charge in [0.2, 0.25) is 5.91 Å². The van der Waals surface area contributed by atoms with Gasteiger partial charge < -0.3 is 5.32 Å². The Hall–Kier alpha value is -3.02. The first-order valence-electron chi connectivity index (χ1n) is 7.39. The number of nitrogens with zero attached hydrogens (tertiary/aromatic N) is 3. The summed E-state index contributed by atoms with van der Waals surface area (Å²) in [5.41, 5.74) is 1.99. The molecule has 6 nitrogen and oxygen atoms in total. The van der Waals surface area contributed by atoms with Gasteiger partial charge in [0.15, 0.2) is 0 Å². The van der Waals surface area contributed by atoms with Crippen LogP contribution in [0.4, 0.5) is 5.69 Å². The number of carbonyl (C=O) groups excluding carboxylic acids is 1. The minimum atomic E-state index is -0.325. The zero-order chi connectivity index (χ0) is 16.2. The number of fused-ring (bicyclic) bond motifs is 1. The smallest absolute Gasteiger partial charge is 0.278 e. The monoisotopic (exact) mass is 308 g/mol. The highest BCUT2D eigenvalue weighted by Gasteiger charge is 2.10. The normalized spacial score (nSPS) is 10.7. The highest BCUT2D eigenvalue weighted by atomic mass is 16.2. The highest BCUT2D eigenvalue weighted by Crippen LogP contribution is 2.15. The second-order valence-corrected chi connectivity index (χ2v) is 5.13. The van der Waals surface area contributed by atoms with Gasteiger partial charge in [-0.15, -0.1) is 5.10 Å². The number of aromatic nitrogens is 3. The van der Waals surface area contributed by atoms with Crippen molar-refractivity contribution in [2.45, 2.75) is 19.9 Å². The van der Waals surface area contributed by atoms with Crippen LogP contribution in [0.5, 0.6) is 0 Å². The fraction of sp³-hybridized carbons (Fsp3) is 0.176. The van der Waals surface area contributed by atoms with Crippen molar-refractivity contribution < 1.29 is 4.79 Å². The average Bonchev–Trinajstić information content (AvgIpc) is 2.58. The maximum absolute atomic E-state index is 12.3. The first kappa shape index (κ1) is 14.9. The third kappa shape index (κ3) is 3.11. The Morgan fingerprint density at radius 1 is 1.13 bits per heavy atom. The van der Waals surface area contributed by atoms with Gasteiger partial charge in [0.05, 0.1) is 5.39 Å². The third-order valence-electron chi connectivity index (χ3n) is 3.60. The number of aryl methyl sites for hydroxylation is 1. The molecule has 0 unspecified atom stereocenters. The van der Waals surface area contributed by atoms with Crippen LogP contribution in [-0.4, -0.2) is 20.9 Å². The molecule has 3 rings (SSSR count). The molecule has 0 saturated carbocycles. The number of benzene rings is 2. The second kappa shape index (κ2) is 6.39. The Bertz CT molecular complexity index is 918. The molecule has 23 heavy (non-hydrogen) atoms. The summed E-state index contributed by atoms with van der Waals surface area (Å²) in [6.07, 6.45) is 0.812. The summed E-state index contributed by atoms with van der Waals surface area (Å²) in [7, 11) is 0. The number of hydrogen-bond acceptors (Lipinski definition) is 4. The largest absolute Gasteiger partial charge is 0.324 e. The van der Waals surface area contributed by atoms with E-state index in [9.17, 15) is 9.59 Å². The van der Waals surface area contributed by atoms with Crippen LogP contribution in [0.2, 0.25) is 0 Å². The van der Waals surface area contributed by atoms with Crippen LogP contribution in [0, 0.1) is 0 Å². The van der Waals surface area contributed by atoms with Gasteiger partial charge in [-0.3, -0.25) is 9.59 Å². The van der Waals surface area contributed by atoms with Crippen molar-refractivity contribution in [2.24, 2.45) is 0 Å². The van der Waals surface area contributed by atoms with Gasteiger partial charge in [-0.1, -0.05) is 42.5 Å². The van der Waals surface area contributed by atoms with Crippen molar-refractivity contribution in [3.8, 4) is 0 Å². The SMILES string of the molecule is CCc1ccccc1NC(=O)Cn1nnc2ccccc2c1=O. The van der Waals surface area contributed by atoms with Crippen molar-refractivity contribution in [1.82, 2.24) is 15.0 Å². The molecule has 0 aliphatic rings. The number of hydrogen-bond donors (Lipinski definition) is 1. The molecule has 0 aliphatic carbocycles. The molecule has 3 aromatic rings. The quantitative estimate of drug-likeness (QED) is 0.799. The molecule has 0 bridgehead atoms. The second-order valence-electron chi connectivity index (χ2n) is 5.13. The summed E-state index contributed by atoms with van der Waals surface area (Å²) in [6, 6.07) is 14.5. The number of anilines is 1. The van der Waals surface area contributed by atoms with Gasteiger partial charge >= 0.3 is 0 Å². The lowest BCUT2D eigenvalue weighted by Gasteiger charge is -2.10. The minimum absolute atomic E-state index is 0.172. The molecule has 0 radical (unpaired) electrons. The maximum Gasteiger partial charge on any atom is 0.278 e. The summed E-state index contributed by atoms with van der Waals surface area (Å²) in [4.78, 5) is 24.5. The van der Waals surface area contributed by atoms with Crippen molar-refractivity contribution in [3.05, 3.63) is 64.4 Å². The van der Waals surface area contributed by atoms with Crippen LogP contribution in [0.25, 0.3) is 10.9 Å². The van der Waals surface area contributed by atoms with E-state index < -0.39 is 0 Å². The Labute approximate surface area is 132 Å². The molecule has 0 fully saturated rings. The molecule has 2 aromatic carbocycles. The molecule has 6 heteroatoms. The third-order valence-corrected chi connectivity index (χ3v) is 3.60. The van der Waals surface area contributed by atoms with E-state index in [1.54, 1.807) is 24.3 Å². The average molecular weight is 308 g/mol.